The highest BCUT2D eigenvalue weighted by Gasteiger charge is 2.26. The topological polar surface area (TPSA) is 54.1 Å². The molecule has 4 nitrogen and oxygen atoms in total. The Bertz CT molecular complexity index is 1010. The molecule has 0 aliphatic carbocycles. The minimum Gasteiger partial charge on any atom is -0.497 e. The zero-order valence-electron chi connectivity index (χ0n) is 15.1. The van der Waals surface area contributed by atoms with E-state index >= 15 is 0 Å². The van der Waals surface area contributed by atoms with Gasteiger partial charge in [0.2, 0.25) is 0 Å². The molecule has 2 N–H and O–H groups in total. The molecule has 0 radical (unpaired) electrons. The van der Waals surface area contributed by atoms with Crippen LogP contribution in [0.3, 0.4) is 0 Å². The number of rotatable bonds is 5. The molecule has 0 fully saturated rings. The predicted octanol–water partition coefficient (Wildman–Crippen LogP) is 4.30. The number of ether oxygens (including phenoxy) is 1. The van der Waals surface area contributed by atoms with Crippen LogP contribution in [0.15, 0.2) is 36.5 Å². The van der Waals surface area contributed by atoms with Crippen molar-refractivity contribution >= 4 is 16.8 Å². The first kappa shape index (κ1) is 18.8. The number of carbonyl (C=O) groups excluding carboxylic acids is 1. The molecule has 0 saturated carbocycles. The first-order valence-corrected chi connectivity index (χ1v) is 8.32. The first-order valence-electron chi connectivity index (χ1n) is 8.32. The Balaban J connectivity index is 1.83. The highest BCUT2D eigenvalue weighted by Crippen LogP contribution is 2.32. The molecular formula is C20H19F3N2O2. The minimum atomic E-state index is -1.66. The van der Waals surface area contributed by atoms with Crippen molar-refractivity contribution in [2.75, 3.05) is 13.7 Å². The summed E-state index contributed by atoms with van der Waals surface area (Å²) < 4.78 is 45.4. The van der Waals surface area contributed by atoms with Gasteiger partial charge in [0.25, 0.3) is 5.91 Å². The van der Waals surface area contributed by atoms with E-state index in [1.54, 1.807) is 7.11 Å². The summed E-state index contributed by atoms with van der Waals surface area (Å²) in [6.45, 7) is 3.99. The van der Waals surface area contributed by atoms with Crippen LogP contribution < -0.4 is 10.1 Å². The summed E-state index contributed by atoms with van der Waals surface area (Å²) in [6, 6.07) is 7.27. The molecule has 0 spiro atoms. The molecule has 2 aromatic carbocycles. The summed E-state index contributed by atoms with van der Waals surface area (Å²) in [6.07, 6.45) is 1.84. The average molecular weight is 376 g/mol. The smallest absolute Gasteiger partial charge is 0.254 e. The van der Waals surface area contributed by atoms with Crippen LogP contribution in [0, 0.1) is 17.5 Å². The Morgan fingerprint density at radius 2 is 1.89 bits per heavy atom. The van der Waals surface area contributed by atoms with E-state index in [0.717, 1.165) is 28.6 Å². The molecule has 7 heteroatoms. The van der Waals surface area contributed by atoms with Crippen LogP contribution in [0.4, 0.5) is 13.2 Å². The van der Waals surface area contributed by atoms with Crippen molar-refractivity contribution in [2.45, 2.75) is 19.3 Å². The lowest BCUT2D eigenvalue weighted by Crippen LogP contribution is -2.37. The number of fused-ring (bicyclic) bond motifs is 1. The molecular weight excluding hydrogens is 357 g/mol. The summed E-state index contributed by atoms with van der Waals surface area (Å²) in [4.78, 5) is 15.4. The van der Waals surface area contributed by atoms with Crippen LogP contribution in [0.1, 0.15) is 29.8 Å². The number of aromatic amines is 1. The minimum absolute atomic E-state index is 0.161. The fourth-order valence-corrected chi connectivity index (χ4v) is 2.98. The van der Waals surface area contributed by atoms with Crippen LogP contribution in [-0.2, 0) is 5.41 Å². The van der Waals surface area contributed by atoms with E-state index in [1.807, 2.05) is 38.2 Å². The normalized spacial score (nSPS) is 11.6. The molecule has 0 unspecified atom stereocenters. The molecule has 1 heterocycles. The Labute approximate surface area is 154 Å². The predicted molar refractivity (Wildman–Crippen MR) is 96.5 cm³/mol. The third-order valence-electron chi connectivity index (χ3n) is 4.59. The van der Waals surface area contributed by atoms with Crippen LogP contribution >= 0.6 is 0 Å². The van der Waals surface area contributed by atoms with Gasteiger partial charge < -0.3 is 15.0 Å². The molecule has 0 aliphatic rings. The largest absolute Gasteiger partial charge is 0.497 e. The molecule has 27 heavy (non-hydrogen) atoms. The summed E-state index contributed by atoms with van der Waals surface area (Å²) in [5.41, 5.74) is 0.791. The summed E-state index contributed by atoms with van der Waals surface area (Å²) in [7, 11) is 1.58. The van der Waals surface area contributed by atoms with Crippen molar-refractivity contribution in [1.82, 2.24) is 10.3 Å². The molecule has 0 aliphatic heterocycles. The number of carbonyl (C=O) groups is 1. The number of aromatic nitrogens is 1. The van der Waals surface area contributed by atoms with Gasteiger partial charge in [-0.3, -0.25) is 4.79 Å². The standard InChI is InChI=1S/C20H19F3N2O2/c1-20(2,14-9-24-16-7-4-11(27-3)8-13(14)16)10-25-19(26)12-5-6-15(21)18(23)17(12)22/h4-9,24H,10H2,1-3H3,(H,25,26). The van der Waals surface area contributed by atoms with Gasteiger partial charge in [0.1, 0.15) is 5.75 Å². The van der Waals surface area contributed by atoms with E-state index in [-0.39, 0.29) is 6.54 Å². The van der Waals surface area contributed by atoms with Gasteiger partial charge in [-0.25, -0.2) is 13.2 Å². The van der Waals surface area contributed by atoms with E-state index in [1.165, 1.54) is 0 Å². The number of benzene rings is 2. The van der Waals surface area contributed by atoms with Crippen LogP contribution in [-0.4, -0.2) is 24.5 Å². The Kier molecular flexibility index (Phi) is 4.87. The monoisotopic (exact) mass is 376 g/mol. The van der Waals surface area contributed by atoms with Crippen molar-refractivity contribution in [3.63, 3.8) is 0 Å². The van der Waals surface area contributed by atoms with E-state index in [9.17, 15) is 18.0 Å². The van der Waals surface area contributed by atoms with E-state index in [2.05, 4.69) is 10.3 Å². The van der Waals surface area contributed by atoms with Crippen molar-refractivity contribution in [1.29, 1.82) is 0 Å². The Hall–Kier alpha value is -2.96. The maximum atomic E-state index is 13.8. The number of amides is 1. The van der Waals surface area contributed by atoms with Gasteiger partial charge in [0.05, 0.1) is 12.7 Å². The number of halogens is 3. The van der Waals surface area contributed by atoms with Gasteiger partial charge in [0.15, 0.2) is 17.5 Å². The van der Waals surface area contributed by atoms with E-state index in [0.29, 0.717) is 5.75 Å². The van der Waals surface area contributed by atoms with Crippen molar-refractivity contribution in [3.8, 4) is 5.75 Å². The molecule has 1 amide bonds. The van der Waals surface area contributed by atoms with Crippen molar-refractivity contribution in [2.24, 2.45) is 0 Å². The molecule has 0 bridgehead atoms. The molecule has 142 valence electrons. The Morgan fingerprint density at radius 1 is 1.15 bits per heavy atom. The summed E-state index contributed by atoms with van der Waals surface area (Å²) in [5, 5.41) is 3.53. The fraction of sp³-hybridized carbons (Fsp3) is 0.250. The number of H-pyrrole nitrogens is 1. The second-order valence-corrected chi connectivity index (χ2v) is 6.90. The number of hydrogen-bond acceptors (Lipinski definition) is 2. The molecule has 3 rings (SSSR count). The first-order chi connectivity index (χ1) is 12.7. The average Bonchev–Trinajstić information content (AvgIpc) is 3.08. The van der Waals surface area contributed by atoms with E-state index in [4.69, 9.17) is 4.74 Å². The van der Waals surface area contributed by atoms with Gasteiger partial charge in [0, 0.05) is 29.1 Å². The fourth-order valence-electron chi connectivity index (χ4n) is 2.98. The maximum Gasteiger partial charge on any atom is 0.254 e. The molecule has 3 aromatic rings. The lowest BCUT2D eigenvalue weighted by Gasteiger charge is -2.25. The number of nitrogens with one attached hydrogen (secondary N) is 2. The second-order valence-electron chi connectivity index (χ2n) is 6.90. The van der Waals surface area contributed by atoms with Gasteiger partial charge in [-0.05, 0) is 35.9 Å². The number of methoxy groups -OCH3 is 1. The molecule has 1 aromatic heterocycles. The highest BCUT2D eigenvalue weighted by atomic mass is 19.2. The lowest BCUT2D eigenvalue weighted by molar-refractivity contribution is 0.0940. The van der Waals surface area contributed by atoms with Gasteiger partial charge >= 0.3 is 0 Å². The third-order valence-corrected chi connectivity index (χ3v) is 4.59. The second kappa shape index (κ2) is 6.98. The van der Waals surface area contributed by atoms with Crippen LogP contribution in [0.25, 0.3) is 10.9 Å². The molecule has 0 saturated heterocycles. The SMILES string of the molecule is COc1ccc2[nH]cc(C(C)(C)CNC(=O)c3ccc(F)c(F)c3F)c2c1. The zero-order valence-corrected chi connectivity index (χ0v) is 15.1. The summed E-state index contributed by atoms with van der Waals surface area (Å²) >= 11 is 0. The van der Waals surface area contributed by atoms with Crippen LogP contribution in [0.5, 0.6) is 5.75 Å². The summed E-state index contributed by atoms with van der Waals surface area (Å²) in [5.74, 6) is -4.60. The third kappa shape index (κ3) is 3.49. The quantitative estimate of drug-likeness (QED) is 0.653. The van der Waals surface area contributed by atoms with Gasteiger partial charge in [-0.15, -0.1) is 0 Å². The Morgan fingerprint density at radius 3 is 2.59 bits per heavy atom. The van der Waals surface area contributed by atoms with Crippen molar-refractivity contribution < 1.29 is 22.7 Å². The van der Waals surface area contributed by atoms with Crippen LogP contribution in [0.2, 0.25) is 0 Å². The lowest BCUT2D eigenvalue weighted by atomic mass is 9.84. The molecule has 0 atom stereocenters. The van der Waals surface area contributed by atoms with Gasteiger partial charge in [-0.1, -0.05) is 13.8 Å². The van der Waals surface area contributed by atoms with E-state index < -0.39 is 34.3 Å². The number of hydrogen-bond donors (Lipinski definition) is 2. The highest BCUT2D eigenvalue weighted by molar-refractivity contribution is 5.94. The van der Waals surface area contributed by atoms with Crippen molar-refractivity contribution in [3.05, 3.63) is 65.1 Å². The maximum absolute atomic E-state index is 13.8. The van der Waals surface area contributed by atoms with Gasteiger partial charge in [-0.2, -0.15) is 0 Å². The zero-order chi connectivity index (χ0) is 19.8.